The molecule has 3 heterocycles. The van der Waals surface area contributed by atoms with Crippen LogP contribution in [0, 0.1) is 0 Å². The van der Waals surface area contributed by atoms with Gasteiger partial charge in [0.2, 0.25) is 5.88 Å². The first kappa shape index (κ1) is 20.3. The second-order valence-corrected chi connectivity index (χ2v) is 8.14. The number of ether oxygens (including phenoxy) is 1. The molecule has 3 aromatic rings. The van der Waals surface area contributed by atoms with E-state index in [4.69, 9.17) is 4.74 Å². The van der Waals surface area contributed by atoms with Crippen molar-refractivity contribution in [3.63, 3.8) is 0 Å². The van der Waals surface area contributed by atoms with E-state index in [0.717, 1.165) is 23.5 Å². The van der Waals surface area contributed by atoms with Gasteiger partial charge in [-0.15, -0.1) is 11.3 Å². The summed E-state index contributed by atoms with van der Waals surface area (Å²) in [7, 11) is 2.13. The zero-order valence-electron chi connectivity index (χ0n) is 16.9. The largest absolute Gasteiger partial charge is 0.476 e. The summed E-state index contributed by atoms with van der Waals surface area (Å²) in [6, 6.07) is 15.2. The van der Waals surface area contributed by atoms with Gasteiger partial charge in [0.25, 0.3) is 0 Å². The minimum absolute atomic E-state index is 0.392. The van der Waals surface area contributed by atoms with E-state index in [2.05, 4.69) is 32.5 Å². The Kier molecular flexibility index (Phi) is 6.56. The molecule has 0 bridgehead atoms. The van der Waals surface area contributed by atoms with Crippen LogP contribution in [0.1, 0.15) is 19.3 Å². The van der Waals surface area contributed by atoms with Crippen LogP contribution in [-0.2, 0) is 0 Å². The van der Waals surface area contributed by atoms with E-state index in [-0.39, 0.29) is 0 Å². The minimum atomic E-state index is -0.392. The maximum Gasteiger partial charge on any atom is 0.326 e. The molecular formula is C22H25N5O2S. The number of pyridine rings is 1. The smallest absolute Gasteiger partial charge is 0.326 e. The van der Waals surface area contributed by atoms with Crippen LogP contribution in [-0.4, -0.2) is 47.1 Å². The van der Waals surface area contributed by atoms with Crippen molar-refractivity contribution >= 4 is 29.0 Å². The Morgan fingerprint density at radius 1 is 1.10 bits per heavy atom. The second kappa shape index (κ2) is 9.69. The van der Waals surface area contributed by atoms with Crippen molar-refractivity contribution in [2.24, 2.45) is 0 Å². The summed E-state index contributed by atoms with van der Waals surface area (Å²) < 4.78 is 5.87. The summed E-state index contributed by atoms with van der Waals surface area (Å²) in [5.74, 6) is 1.44. The first-order chi connectivity index (χ1) is 14.7. The van der Waals surface area contributed by atoms with Gasteiger partial charge in [0.05, 0.1) is 0 Å². The number of nitrogens with zero attached hydrogens (tertiary/aromatic N) is 3. The number of likely N-dealkylation sites (N-methyl/N-ethyl adjacent to an activating group) is 1. The van der Waals surface area contributed by atoms with Gasteiger partial charge in [0.1, 0.15) is 23.3 Å². The minimum Gasteiger partial charge on any atom is -0.476 e. The monoisotopic (exact) mass is 423 g/mol. The van der Waals surface area contributed by atoms with E-state index in [1.165, 1.54) is 24.2 Å². The van der Waals surface area contributed by atoms with Crippen molar-refractivity contribution in [2.45, 2.75) is 25.3 Å². The third-order valence-electron chi connectivity index (χ3n) is 5.08. The molecule has 1 atom stereocenters. The molecule has 1 aliphatic heterocycles. The number of hydrogen-bond donors (Lipinski definition) is 2. The topological polar surface area (TPSA) is 79.4 Å². The number of carbonyl (C=O) groups excluding carboxylic acids is 1. The molecule has 1 aliphatic rings. The number of aromatic nitrogens is 2. The maximum atomic E-state index is 12.3. The molecule has 2 N–H and O–H groups in total. The van der Waals surface area contributed by atoms with Gasteiger partial charge in [-0.05, 0) is 32.5 Å². The van der Waals surface area contributed by atoms with Crippen LogP contribution in [0.2, 0.25) is 0 Å². The Morgan fingerprint density at radius 2 is 1.93 bits per heavy atom. The highest BCUT2D eigenvalue weighted by molar-refractivity contribution is 7.13. The fourth-order valence-corrected chi connectivity index (χ4v) is 4.17. The number of nitrogens with one attached hydrogen (secondary N) is 2. The zero-order chi connectivity index (χ0) is 20.8. The van der Waals surface area contributed by atoms with E-state index < -0.39 is 6.03 Å². The normalized spacial score (nSPS) is 16.8. The number of carbonyl (C=O) groups is 1. The van der Waals surface area contributed by atoms with E-state index in [1.807, 2.05) is 41.8 Å². The summed E-state index contributed by atoms with van der Waals surface area (Å²) >= 11 is 1.48. The van der Waals surface area contributed by atoms with Crippen LogP contribution in [0.4, 0.5) is 16.4 Å². The third-order valence-corrected chi connectivity index (χ3v) is 5.97. The van der Waals surface area contributed by atoms with Crippen molar-refractivity contribution in [3.8, 4) is 16.5 Å². The molecule has 0 aliphatic carbocycles. The number of piperidine rings is 1. The summed E-state index contributed by atoms with van der Waals surface area (Å²) in [6.07, 6.45) is 3.61. The van der Waals surface area contributed by atoms with E-state index in [1.54, 1.807) is 12.1 Å². The molecule has 1 fully saturated rings. The lowest BCUT2D eigenvalue weighted by Gasteiger charge is -2.31. The average Bonchev–Trinajstić information content (AvgIpc) is 3.22. The molecule has 4 rings (SSSR count). The average molecular weight is 424 g/mol. The number of urea groups is 1. The number of benzene rings is 1. The van der Waals surface area contributed by atoms with Crippen molar-refractivity contribution < 1.29 is 9.53 Å². The Labute approximate surface area is 180 Å². The molecule has 7 nitrogen and oxygen atoms in total. The fourth-order valence-electron chi connectivity index (χ4n) is 3.41. The van der Waals surface area contributed by atoms with E-state index in [0.29, 0.717) is 30.2 Å². The van der Waals surface area contributed by atoms with Crippen LogP contribution in [0.15, 0.2) is 53.9 Å². The van der Waals surface area contributed by atoms with Gasteiger partial charge in [0.15, 0.2) is 0 Å². The van der Waals surface area contributed by atoms with E-state index in [9.17, 15) is 4.79 Å². The van der Waals surface area contributed by atoms with Gasteiger partial charge in [-0.25, -0.2) is 9.78 Å². The predicted molar refractivity (Wildman–Crippen MR) is 120 cm³/mol. The number of amides is 2. The molecule has 30 heavy (non-hydrogen) atoms. The molecule has 0 spiro atoms. The molecule has 0 saturated carbocycles. The van der Waals surface area contributed by atoms with Gasteiger partial charge in [-0.2, -0.15) is 4.98 Å². The Balaban J connectivity index is 1.31. The molecule has 156 valence electrons. The van der Waals surface area contributed by atoms with Crippen LogP contribution >= 0.6 is 11.3 Å². The summed E-state index contributed by atoms with van der Waals surface area (Å²) in [6.45, 7) is 1.70. The quantitative estimate of drug-likeness (QED) is 0.600. The van der Waals surface area contributed by atoms with Gasteiger partial charge in [-0.1, -0.05) is 42.8 Å². The predicted octanol–water partition coefficient (Wildman–Crippen LogP) is 4.71. The maximum absolute atomic E-state index is 12.3. The van der Waals surface area contributed by atoms with Gasteiger partial charge in [0, 0.05) is 23.1 Å². The molecule has 2 aromatic heterocycles. The van der Waals surface area contributed by atoms with Crippen molar-refractivity contribution in [1.29, 1.82) is 0 Å². The number of likely N-dealkylation sites (tertiary alicyclic amines) is 1. The molecule has 0 radical (unpaired) electrons. The highest BCUT2D eigenvalue weighted by Gasteiger charge is 2.19. The number of rotatable bonds is 6. The van der Waals surface area contributed by atoms with Gasteiger partial charge in [-0.3, -0.25) is 10.6 Å². The van der Waals surface area contributed by atoms with Gasteiger partial charge >= 0.3 is 6.03 Å². The van der Waals surface area contributed by atoms with Crippen LogP contribution < -0.4 is 15.4 Å². The van der Waals surface area contributed by atoms with E-state index >= 15 is 0 Å². The zero-order valence-corrected chi connectivity index (χ0v) is 17.7. The summed E-state index contributed by atoms with van der Waals surface area (Å²) in [5, 5.41) is 8.16. The Morgan fingerprint density at radius 3 is 2.77 bits per heavy atom. The van der Waals surface area contributed by atoms with Crippen LogP contribution in [0.25, 0.3) is 10.6 Å². The lowest BCUT2D eigenvalue weighted by molar-refractivity contribution is 0.122. The standard InChI is InChI=1S/C22H25N5O2S/c1-27-13-6-5-10-17(27)14-29-20-12-7-11-18(23-20)25-22(28)26-19-15-30-21(24-19)16-8-3-2-4-9-16/h2-4,7-9,11-12,15,17H,5-6,10,13-14H2,1H3,(H2,23,25,26,28). The highest BCUT2D eigenvalue weighted by atomic mass is 32.1. The van der Waals surface area contributed by atoms with Crippen molar-refractivity contribution in [2.75, 3.05) is 30.8 Å². The molecule has 8 heteroatoms. The summed E-state index contributed by atoms with van der Waals surface area (Å²) in [4.78, 5) is 23.5. The Hall–Kier alpha value is -2.97. The number of thiazole rings is 1. The van der Waals surface area contributed by atoms with Crippen molar-refractivity contribution in [3.05, 3.63) is 53.9 Å². The first-order valence-electron chi connectivity index (χ1n) is 10.1. The molecule has 1 unspecified atom stereocenters. The SMILES string of the molecule is CN1CCCCC1COc1cccc(NC(=O)Nc2csc(-c3ccccc3)n2)n1. The first-order valence-corrected chi connectivity index (χ1v) is 10.9. The second-order valence-electron chi connectivity index (χ2n) is 7.29. The number of anilines is 2. The fraction of sp³-hybridized carbons (Fsp3) is 0.318. The highest BCUT2D eigenvalue weighted by Crippen LogP contribution is 2.25. The Bertz CT molecular complexity index is 978. The molecule has 1 aromatic carbocycles. The van der Waals surface area contributed by atoms with Crippen molar-refractivity contribution in [1.82, 2.24) is 14.9 Å². The molecule has 2 amide bonds. The molecule has 1 saturated heterocycles. The summed E-state index contributed by atoms with van der Waals surface area (Å²) in [5.41, 5.74) is 1.02. The molecular weight excluding hydrogens is 398 g/mol. The third kappa shape index (κ3) is 5.34. The number of hydrogen-bond acceptors (Lipinski definition) is 6. The lowest BCUT2D eigenvalue weighted by atomic mass is 10.0. The van der Waals surface area contributed by atoms with Crippen LogP contribution in [0.3, 0.4) is 0 Å². The van der Waals surface area contributed by atoms with Crippen LogP contribution in [0.5, 0.6) is 5.88 Å². The van der Waals surface area contributed by atoms with Gasteiger partial charge < -0.3 is 9.64 Å². The lowest BCUT2D eigenvalue weighted by Crippen LogP contribution is -2.40.